The summed E-state index contributed by atoms with van der Waals surface area (Å²) in [6, 6.07) is 4.41. The van der Waals surface area contributed by atoms with Gasteiger partial charge in [-0.05, 0) is 18.6 Å². The Morgan fingerprint density at radius 2 is 1.61 bits per heavy atom. The topological polar surface area (TPSA) is 89.5 Å². The van der Waals surface area contributed by atoms with E-state index in [4.69, 9.17) is 9.47 Å². The molecule has 0 amide bonds. The van der Waals surface area contributed by atoms with Crippen molar-refractivity contribution in [2.45, 2.75) is 26.2 Å². The Hall–Kier alpha value is -2.48. The zero-order chi connectivity index (χ0) is 17.1. The molecule has 0 aliphatic heterocycles. The van der Waals surface area contributed by atoms with Crippen molar-refractivity contribution in [1.82, 2.24) is 0 Å². The minimum absolute atomic E-state index is 0.0983. The van der Waals surface area contributed by atoms with E-state index in [1.54, 1.807) is 6.07 Å². The van der Waals surface area contributed by atoms with Gasteiger partial charge in [-0.15, -0.1) is 0 Å². The predicted octanol–water partition coefficient (Wildman–Crippen LogP) is 3.05. The SMILES string of the molecule is CCCCCOC(=O)OOOC(=O)c1cc(OC)cc(OC)c1. The van der Waals surface area contributed by atoms with Crippen molar-refractivity contribution in [1.29, 1.82) is 0 Å². The molecule has 1 aromatic carbocycles. The van der Waals surface area contributed by atoms with Gasteiger partial charge < -0.3 is 14.2 Å². The number of hydrogen-bond donors (Lipinski definition) is 0. The summed E-state index contributed by atoms with van der Waals surface area (Å²) in [5, 5.41) is 4.11. The Morgan fingerprint density at radius 1 is 0.957 bits per heavy atom. The zero-order valence-electron chi connectivity index (χ0n) is 13.3. The van der Waals surface area contributed by atoms with Crippen LogP contribution in [-0.2, 0) is 19.6 Å². The Labute approximate surface area is 134 Å². The molecule has 1 rings (SSSR count). The van der Waals surface area contributed by atoms with Crippen molar-refractivity contribution in [3.63, 3.8) is 0 Å². The number of carbonyl (C=O) groups excluding carboxylic acids is 2. The van der Waals surface area contributed by atoms with Crippen LogP contribution in [0.25, 0.3) is 0 Å². The van der Waals surface area contributed by atoms with Gasteiger partial charge in [-0.2, -0.15) is 0 Å². The number of ether oxygens (including phenoxy) is 3. The molecule has 0 spiro atoms. The number of unbranched alkanes of at least 4 members (excludes halogenated alkanes) is 2. The Morgan fingerprint density at radius 3 is 2.17 bits per heavy atom. The third-order valence-corrected chi connectivity index (χ3v) is 2.77. The van der Waals surface area contributed by atoms with E-state index in [-0.39, 0.29) is 12.2 Å². The van der Waals surface area contributed by atoms with Crippen LogP contribution >= 0.6 is 0 Å². The number of carbonyl (C=O) groups is 2. The van der Waals surface area contributed by atoms with Crippen LogP contribution in [0.2, 0.25) is 0 Å². The van der Waals surface area contributed by atoms with Gasteiger partial charge in [-0.25, -0.2) is 14.5 Å². The number of rotatable bonds is 9. The second-order valence-corrected chi connectivity index (χ2v) is 4.43. The quantitative estimate of drug-likeness (QED) is 0.296. The summed E-state index contributed by atoms with van der Waals surface area (Å²) in [4.78, 5) is 31.4. The van der Waals surface area contributed by atoms with Gasteiger partial charge in [0.25, 0.3) is 0 Å². The Bertz CT molecular complexity index is 492. The minimum atomic E-state index is -1.09. The van der Waals surface area contributed by atoms with Gasteiger partial charge in [0.05, 0.1) is 31.4 Å². The van der Waals surface area contributed by atoms with Gasteiger partial charge in [0.15, 0.2) is 0 Å². The van der Waals surface area contributed by atoms with E-state index in [9.17, 15) is 9.59 Å². The van der Waals surface area contributed by atoms with Crippen molar-refractivity contribution < 1.29 is 38.6 Å². The second-order valence-electron chi connectivity index (χ2n) is 4.43. The lowest BCUT2D eigenvalue weighted by Gasteiger charge is -2.07. The lowest BCUT2D eigenvalue weighted by molar-refractivity contribution is -0.452. The molecule has 128 valence electrons. The fourth-order valence-electron chi connectivity index (χ4n) is 1.58. The highest BCUT2D eigenvalue weighted by Gasteiger charge is 2.14. The average Bonchev–Trinajstić information content (AvgIpc) is 2.58. The first-order valence-corrected chi connectivity index (χ1v) is 7.06. The van der Waals surface area contributed by atoms with E-state index in [0.29, 0.717) is 11.5 Å². The highest BCUT2D eigenvalue weighted by molar-refractivity contribution is 5.90. The molecular formula is C15H20O8. The molecule has 8 heteroatoms. The van der Waals surface area contributed by atoms with Gasteiger partial charge in [0.1, 0.15) is 11.5 Å². The van der Waals surface area contributed by atoms with Gasteiger partial charge >= 0.3 is 12.1 Å². The third kappa shape index (κ3) is 6.88. The number of benzene rings is 1. The number of hydrogen-bond acceptors (Lipinski definition) is 8. The smallest absolute Gasteiger partial charge is 0.497 e. The van der Waals surface area contributed by atoms with E-state index in [0.717, 1.165) is 19.3 Å². The molecule has 0 radical (unpaired) electrons. The molecule has 0 N–H and O–H groups in total. The Kier molecular flexibility index (Phi) is 8.30. The first-order valence-electron chi connectivity index (χ1n) is 7.06. The highest BCUT2D eigenvalue weighted by Crippen LogP contribution is 2.23. The van der Waals surface area contributed by atoms with Crippen LogP contribution in [0, 0.1) is 0 Å². The van der Waals surface area contributed by atoms with Crippen LogP contribution in [0.3, 0.4) is 0 Å². The maximum Gasteiger partial charge on any atom is 0.543 e. The normalized spacial score (nSPS) is 9.87. The molecule has 23 heavy (non-hydrogen) atoms. The lowest BCUT2D eigenvalue weighted by atomic mass is 10.2. The lowest BCUT2D eigenvalue weighted by Crippen LogP contribution is -2.12. The maximum atomic E-state index is 11.8. The summed E-state index contributed by atoms with van der Waals surface area (Å²) in [5.74, 6) is -0.0962. The van der Waals surface area contributed by atoms with Gasteiger partial charge in [0.2, 0.25) is 0 Å². The van der Waals surface area contributed by atoms with Crippen molar-refractivity contribution in [3.05, 3.63) is 23.8 Å². The van der Waals surface area contributed by atoms with Gasteiger partial charge in [0, 0.05) is 6.07 Å². The summed E-state index contributed by atoms with van der Waals surface area (Å²) < 4.78 is 14.7. The number of methoxy groups -OCH3 is 2. The molecular weight excluding hydrogens is 308 g/mol. The third-order valence-electron chi connectivity index (χ3n) is 2.77. The molecule has 0 fully saturated rings. The van der Waals surface area contributed by atoms with Crippen LogP contribution in [0.1, 0.15) is 36.5 Å². The molecule has 0 unspecified atom stereocenters. The van der Waals surface area contributed by atoms with Crippen LogP contribution in [0.15, 0.2) is 18.2 Å². The maximum absolute atomic E-state index is 11.8. The first-order chi connectivity index (χ1) is 11.1. The predicted molar refractivity (Wildman–Crippen MR) is 78.0 cm³/mol. The first kappa shape index (κ1) is 18.6. The molecule has 0 saturated carbocycles. The van der Waals surface area contributed by atoms with Crippen LogP contribution in [-0.4, -0.2) is 33.0 Å². The average molecular weight is 328 g/mol. The van der Waals surface area contributed by atoms with Crippen molar-refractivity contribution >= 4 is 12.1 Å². The summed E-state index contributed by atoms with van der Waals surface area (Å²) in [6.07, 6.45) is 1.56. The summed E-state index contributed by atoms with van der Waals surface area (Å²) in [6.45, 7) is 2.23. The van der Waals surface area contributed by atoms with Crippen molar-refractivity contribution in [3.8, 4) is 11.5 Å². The van der Waals surface area contributed by atoms with Crippen LogP contribution < -0.4 is 9.47 Å². The van der Waals surface area contributed by atoms with E-state index < -0.39 is 12.1 Å². The summed E-state index contributed by atoms with van der Waals surface area (Å²) in [7, 11) is 2.89. The molecule has 0 heterocycles. The molecule has 0 atom stereocenters. The second kappa shape index (κ2) is 10.3. The highest BCUT2D eigenvalue weighted by atomic mass is 17.5. The summed E-state index contributed by atoms with van der Waals surface area (Å²) in [5.41, 5.74) is 0.0983. The van der Waals surface area contributed by atoms with Gasteiger partial charge in [-0.1, -0.05) is 19.8 Å². The fourth-order valence-corrected chi connectivity index (χ4v) is 1.58. The molecule has 0 bridgehead atoms. The molecule has 1 aromatic rings. The van der Waals surface area contributed by atoms with Crippen molar-refractivity contribution in [2.75, 3.05) is 20.8 Å². The molecule has 0 saturated heterocycles. The largest absolute Gasteiger partial charge is 0.543 e. The molecule has 0 aliphatic carbocycles. The van der Waals surface area contributed by atoms with Crippen LogP contribution in [0.4, 0.5) is 4.79 Å². The summed E-state index contributed by atoms with van der Waals surface area (Å²) >= 11 is 0. The fraction of sp³-hybridized carbons (Fsp3) is 0.467. The van der Waals surface area contributed by atoms with E-state index >= 15 is 0 Å². The molecule has 0 aromatic heterocycles. The monoisotopic (exact) mass is 328 g/mol. The molecule has 8 nitrogen and oxygen atoms in total. The Balaban J connectivity index is 2.40. The minimum Gasteiger partial charge on any atom is -0.497 e. The molecule has 0 aliphatic rings. The van der Waals surface area contributed by atoms with Crippen LogP contribution in [0.5, 0.6) is 11.5 Å². The standard InChI is InChI=1S/C15H20O8/c1-4-5-6-7-20-15(17)22-23-21-14(16)11-8-12(18-2)10-13(9-11)19-3/h8-10H,4-7H2,1-3H3. The van der Waals surface area contributed by atoms with E-state index in [1.165, 1.54) is 26.4 Å². The van der Waals surface area contributed by atoms with Gasteiger partial charge in [-0.3, -0.25) is 4.89 Å². The van der Waals surface area contributed by atoms with E-state index in [1.807, 2.05) is 6.92 Å². The van der Waals surface area contributed by atoms with E-state index in [2.05, 4.69) is 19.6 Å². The zero-order valence-corrected chi connectivity index (χ0v) is 13.3. The van der Waals surface area contributed by atoms with Crippen molar-refractivity contribution in [2.24, 2.45) is 0 Å².